The first-order valence-corrected chi connectivity index (χ1v) is 5.17. The highest BCUT2D eigenvalue weighted by atomic mass is 16.5. The van der Waals surface area contributed by atoms with Gasteiger partial charge in [-0.2, -0.15) is 0 Å². The Hall–Kier alpha value is -1.84. The third kappa shape index (κ3) is 3.73. The van der Waals surface area contributed by atoms with E-state index in [-0.39, 0.29) is 12.4 Å². The Morgan fingerprint density at radius 1 is 1.62 bits per heavy atom. The summed E-state index contributed by atoms with van der Waals surface area (Å²) in [5.74, 6) is -0.230. The molecule has 0 aromatic carbocycles. The van der Waals surface area contributed by atoms with Gasteiger partial charge < -0.3 is 10.5 Å². The molecule has 0 fully saturated rings. The lowest BCUT2D eigenvalue weighted by molar-refractivity contribution is -0.142. The van der Waals surface area contributed by atoms with Crippen molar-refractivity contribution in [2.24, 2.45) is 0 Å². The van der Waals surface area contributed by atoms with Gasteiger partial charge in [0, 0.05) is 0 Å². The van der Waals surface area contributed by atoms with Crippen LogP contribution in [-0.2, 0) is 9.53 Å². The monoisotopic (exact) mass is 220 g/mol. The lowest BCUT2D eigenvalue weighted by atomic mass is 10.2. The summed E-state index contributed by atoms with van der Waals surface area (Å²) in [4.78, 5) is 15.2. The SMILES string of the molecule is CCOC(=O)CC=Cc1ncc(N)cc1C. The molecule has 0 unspecified atom stereocenters. The Balaban J connectivity index is 2.59. The largest absolute Gasteiger partial charge is 0.466 e. The summed E-state index contributed by atoms with van der Waals surface area (Å²) in [6, 6.07) is 1.84. The molecule has 2 N–H and O–H groups in total. The fourth-order valence-corrected chi connectivity index (χ4v) is 1.27. The maximum atomic E-state index is 11.1. The van der Waals surface area contributed by atoms with Gasteiger partial charge in [0.25, 0.3) is 0 Å². The minimum atomic E-state index is -0.230. The van der Waals surface area contributed by atoms with Crippen molar-refractivity contribution in [1.29, 1.82) is 0 Å². The molecule has 1 rings (SSSR count). The van der Waals surface area contributed by atoms with Crippen molar-refractivity contribution in [1.82, 2.24) is 4.98 Å². The van der Waals surface area contributed by atoms with E-state index in [0.29, 0.717) is 12.3 Å². The first-order chi connectivity index (χ1) is 7.63. The number of aromatic nitrogens is 1. The van der Waals surface area contributed by atoms with E-state index in [9.17, 15) is 4.79 Å². The minimum absolute atomic E-state index is 0.230. The van der Waals surface area contributed by atoms with E-state index in [2.05, 4.69) is 4.98 Å². The van der Waals surface area contributed by atoms with Gasteiger partial charge in [-0.25, -0.2) is 0 Å². The van der Waals surface area contributed by atoms with E-state index in [1.54, 1.807) is 25.3 Å². The highest BCUT2D eigenvalue weighted by Crippen LogP contribution is 2.10. The molecular weight excluding hydrogens is 204 g/mol. The maximum Gasteiger partial charge on any atom is 0.309 e. The fourth-order valence-electron chi connectivity index (χ4n) is 1.27. The van der Waals surface area contributed by atoms with Gasteiger partial charge in [-0.15, -0.1) is 0 Å². The van der Waals surface area contributed by atoms with Gasteiger partial charge >= 0.3 is 5.97 Å². The summed E-state index contributed by atoms with van der Waals surface area (Å²) in [6.45, 7) is 4.12. The van der Waals surface area contributed by atoms with Gasteiger partial charge in [-0.05, 0) is 31.6 Å². The average molecular weight is 220 g/mol. The summed E-state index contributed by atoms with van der Waals surface area (Å²) in [5.41, 5.74) is 8.03. The van der Waals surface area contributed by atoms with Crippen LogP contribution in [0.25, 0.3) is 6.08 Å². The van der Waals surface area contributed by atoms with E-state index in [1.807, 2.05) is 13.0 Å². The predicted octanol–water partition coefficient (Wildman–Crippen LogP) is 1.94. The lowest BCUT2D eigenvalue weighted by Crippen LogP contribution is -2.01. The molecule has 0 spiro atoms. The summed E-state index contributed by atoms with van der Waals surface area (Å²) in [6.07, 6.45) is 5.39. The van der Waals surface area contributed by atoms with E-state index < -0.39 is 0 Å². The van der Waals surface area contributed by atoms with Crippen molar-refractivity contribution in [3.8, 4) is 0 Å². The predicted molar refractivity (Wildman–Crippen MR) is 63.7 cm³/mol. The number of carbonyl (C=O) groups excluding carboxylic acids is 1. The molecular formula is C12H16N2O2. The molecule has 0 aliphatic rings. The fraction of sp³-hybridized carbons (Fsp3) is 0.333. The highest BCUT2D eigenvalue weighted by Gasteiger charge is 1.99. The third-order valence-corrected chi connectivity index (χ3v) is 2.01. The summed E-state index contributed by atoms with van der Waals surface area (Å²) in [5, 5.41) is 0. The molecule has 0 amide bonds. The molecule has 0 radical (unpaired) electrons. The highest BCUT2D eigenvalue weighted by molar-refractivity contribution is 5.72. The number of carbonyl (C=O) groups is 1. The molecule has 0 aliphatic carbocycles. The van der Waals surface area contributed by atoms with Crippen LogP contribution in [0.5, 0.6) is 0 Å². The zero-order valence-electron chi connectivity index (χ0n) is 9.56. The topological polar surface area (TPSA) is 65.2 Å². The van der Waals surface area contributed by atoms with Crippen molar-refractivity contribution in [2.45, 2.75) is 20.3 Å². The van der Waals surface area contributed by atoms with Gasteiger partial charge in [0.2, 0.25) is 0 Å². The molecule has 1 aromatic rings. The van der Waals surface area contributed by atoms with Crippen LogP contribution in [-0.4, -0.2) is 17.6 Å². The number of nitrogens with two attached hydrogens (primary N) is 1. The molecule has 0 bridgehead atoms. The number of esters is 1. The second-order valence-corrected chi connectivity index (χ2v) is 3.38. The number of anilines is 1. The Kier molecular flexibility index (Phi) is 4.51. The molecule has 0 atom stereocenters. The first-order valence-electron chi connectivity index (χ1n) is 5.17. The molecule has 0 aliphatic heterocycles. The van der Waals surface area contributed by atoms with Gasteiger partial charge in [-0.1, -0.05) is 6.08 Å². The normalized spacial score (nSPS) is 10.6. The summed E-state index contributed by atoms with van der Waals surface area (Å²) < 4.78 is 4.80. The van der Waals surface area contributed by atoms with E-state index >= 15 is 0 Å². The Morgan fingerprint density at radius 2 is 2.38 bits per heavy atom. The average Bonchev–Trinajstić information content (AvgIpc) is 2.22. The maximum absolute atomic E-state index is 11.1. The van der Waals surface area contributed by atoms with E-state index in [1.165, 1.54) is 0 Å². The van der Waals surface area contributed by atoms with Gasteiger partial charge in [0.05, 0.1) is 30.6 Å². The zero-order chi connectivity index (χ0) is 12.0. The summed E-state index contributed by atoms with van der Waals surface area (Å²) >= 11 is 0. The molecule has 0 saturated carbocycles. The van der Waals surface area contributed by atoms with E-state index in [4.69, 9.17) is 10.5 Å². The molecule has 16 heavy (non-hydrogen) atoms. The van der Waals surface area contributed by atoms with Crippen LogP contribution in [0.3, 0.4) is 0 Å². The van der Waals surface area contributed by atoms with Crippen molar-refractivity contribution in [3.63, 3.8) is 0 Å². The van der Waals surface area contributed by atoms with Crippen LogP contribution >= 0.6 is 0 Å². The summed E-state index contributed by atoms with van der Waals surface area (Å²) in [7, 11) is 0. The number of ether oxygens (including phenoxy) is 1. The number of nitrogens with zero attached hydrogens (tertiary/aromatic N) is 1. The Bertz CT molecular complexity index is 400. The third-order valence-electron chi connectivity index (χ3n) is 2.01. The van der Waals surface area contributed by atoms with Crippen molar-refractivity contribution >= 4 is 17.7 Å². The number of pyridine rings is 1. The van der Waals surface area contributed by atoms with E-state index in [0.717, 1.165) is 11.3 Å². The molecule has 4 nitrogen and oxygen atoms in total. The van der Waals surface area contributed by atoms with Crippen molar-refractivity contribution in [3.05, 3.63) is 29.6 Å². The number of nitrogen functional groups attached to an aromatic ring is 1. The smallest absolute Gasteiger partial charge is 0.309 e. The number of aryl methyl sites for hydroxylation is 1. The van der Waals surface area contributed by atoms with Crippen molar-refractivity contribution < 1.29 is 9.53 Å². The quantitative estimate of drug-likeness (QED) is 0.787. The second kappa shape index (κ2) is 5.90. The molecule has 1 aromatic heterocycles. The van der Waals surface area contributed by atoms with Crippen LogP contribution in [0, 0.1) is 6.92 Å². The molecule has 86 valence electrons. The second-order valence-electron chi connectivity index (χ2n) is 3.38. The van der Waals surface area contributed by atoms with Crippen LogP contribution < -0.4 is 5.73 Å². The van der Waals surface area contributed by atoms with Gasteiger partial charge in [-0.3, -0.25) is 9.78 Å². The number of hydrogen-bond donors (Lipinski definition) is 1. The van der Waals surface area contributed by atoms with Crippen LogP contribution in [0.15, 0.2) is 18.3 Å². The van der Waals surface area contributed by atoms with Gasteiger partial charge in [0.1, 0.15) is 0 Å². The van der Waals surface area contributed by atoms with Gasteiger partial charge in [0.15, 0.2) is 0 Å². The standard InChI is InChI=1S/C12H16N2O2/c1-3-16-12(15)6-4-5-11-9(2)7-10(13)8-14-11/h4-5,7-8H,3,6,13H2,1-2H3. The molecule has 4 heteroatoms. The number of rotatable bonds is 4. The van der Waals surface area contributed by atoms with Crippen molar-refractivity contribution in [2.75, 3.05) is 12.3 Å². The Morgan fingerprint density at radius 3 is 3.00 bits per heavy atom. The number of hydrogen-bond acceptors (Lipinski definition) is 4. The lowest BCUT2D eigenvalue weighted by Gasteiger charge is -2.00. The first kappa shape index (κ1) is 12.2. The minimum Gasteiger partial charge on any atom is -0.466 e. The van der Waals surface area contributed by atoms with Crippen LogP contribution in [0.4, 0.5) is 5.69 Å². The van der Waals surface area contributed by atoms with Crippen LogP contribution in [0.2, 0.25) is 0 Å². The van der Waals surface area contributed by atoms with Crippen LogP contribution in [0.1, 0.15) is 24.6 Å². The molecule has 1 heterocycles. The zero-order valence-corrected chi connectivity index (χ0v) is 9.56. The molecule has 0 saturated heterocycles. The Labute approximate surface area is 95.1 Å².